The Morgan fingerprint density at radius 2 is 1.96 bits per heavy atom. The molecule has 3 rings (SSSR count). The van der Waals surface area contributed by atoms with Gasteiger partial charge in [-0.05, 0) is 56.8 Å². The Bertz CT molecular complexity index is 806. The van der Waals surface area contributed by atoms with Crippen LogP contribution in [-0.2, 0) is 19.6 Å². The van der Waals surface area contributed by atoms with E-state index in [1.807, 2.05) is 6.92 Å². The van der Waals surface area contributed by atoms with E-state index in [0.29, 0.717) is 43.5 Å². The van der Waals surface area contributed by atoms with Gasteiger partial charge in [-0.25, -0.2) is 8.42 Å². The normalized spacial score (nSPS) is 23.3. The van der Waals surface area contributed by atoms with Gasteiger partial charge in [0.05, 0.1) is 24.2 Å². The molecule has 1 aromatic rings. The Morgan fingerprint density at radius 3 is 2.64 bits per heavy atom. The average molecular weight is 410 g/mol. The summed E-state index contributed by atoms with van der Waals surface area (Å²) in [6, 6.07) is 4.83. The number of carbonyl (C=O) groups is 1. The lowest BCUT2D eigenvalue weighted by atomic mass is 9.99. The van der Waals surface area contributed by atoms with Crippen LogP contribution in [0.5, 0.6) is 0 Å². The molecule has 28 heavy (non-hydrogen) atoms. The third-order valence-corrected chi connectivity index (χ3v) is 7.70. The highest BCUT2D eigenvalue weighted by Gasteiger charge is 2.29. The van der Waals surface area contributed by atoms with Crippen molar-refractivity contribution in [2.24, 2.45) is 5.92 Å². The fourth-order valence-electron chi connectivity index (χ4n) is 3.87. The first-order valence-electron chi connectivity index (χ1n) is 10.0. The topological polar surface area (TPSA) is 79.0 Å². The van der Waals surface area contributed by atoms with Gasteiger partial charge in [-0.1, -0.05) is 13.0 Å². The predicted molar refractivity (Wildman–Crippen MR) is 109 cm³/mol. The van der Waals surface area contributed by atoms with E-state index >= 15 is 0 Å². The molecule has 2 aliphatic rings. The summed E-state index contributed by atoms with van der Waals surface area (Å²) < 4.78 is 32.7. The molecule has 2 unspecified atom stereocenters. The van der Waals surface area contributed by atoms with Gasteiger partial charge in [0.15, 0.2) is 0 Å². The molecule has 1 N–H and O–H groups in total. The minimum atomic E-state index is -3.61. The van der Waals surface area contributed by atoms with Crippen molar-refractivity contribution < 1.29 is 17.9 Å². The number of nitrogens with one attached hydrogen (secondary N) is 1. The smallest absolute Gasteiger partial charge is 0.243 e. The molecule has 156 valence electrons. The van der Waals surface area contributed by atoms with Crippen molar-refractivity contribution >= 4 is 21.6 Å². The van der Waals surface area contributed by atoms with Crippen LogP contribution in [0.3, 0.4) is 0 Å². The standard InChI is InChI=1S/C20H31N3O4S/c1-15-5-4-8-22(14-15)17(3)20(24)21-18-7-6-16(2)19(13-18)28(25,26)23-9-11-27-12-10-23/h6-7,13,15,17H,4-5,8-12,14H2,1-3H3,(H,21,24). The summed E-state index contributed by atoms with van der Waals surface area (Å²) in [4.78, 5) is 15.2. The maximum Gasteiger partial charge on any atom is 0.243 e. The number of anilines is 1. The SMILES string of the molecule is Cc1ccc(NC(=O)C(C)N2CCCC(C)C2)cc1S(=O)(=O)N1CCOCC1. The van der Waals surface area contributed by atoms with E-state index in [2.05, 4.69) is 17.1 Å². The molecule has 2 aliphatic heterocycles. The van der Waals surface area contributed by atoms with Crippen LogP contribution in [0, 0.1) is 12.8 Å². The second-order valence-electron chi connectivity index (χ2n) is 7.90. The molecule has 2 atom stereocenters. The van der Waals surface area contributed by atoms with E-state index in [9.17, 15) is 13.2 Å². The Kier molecular flexibility index (Phi) is 6.75. The number of hydrogen-bond donors (Lipinski definition) is 1. The molecular formula is C20H31N3O4S. The summed E-state index contributed by atoms with van der Waals surface area (Å²) in [7, 11) is -3.61. The summed E-state index contributed by atoms with van der Waals surface area (Å²) in [6.07, 6.45) is 2.30. The van der Waals surface area contributed by atoms with Gasteiger partial charge in [0.25, 0.3) is 0 Å². The van der Waals surface area contributed by atoms with Crippen molar-refractivity contribution in [3.63, 3.8) is 0 Å². The molecule has 2 fully saturated rings. The van der Waals surface area contributed by atoms with E-state index in [1.165, 1.54) is 10.7 Å². The zero-order chi connectivity index (χ0) is 20.3. The van der Waals surface area contributed by atoms with Crippen LogP contribution in [0.25, 0.3) is 0 Å². The van der Waals surface area contributed by atoms with E-state index in [1.54, 1.807) is 25.1 Å². The van der Waals surface area contributed by atoms with Gasteiger partial charge in [-0.2, -0.15) is 4.31 Å². The van der Waals surface area contributed by atoms with Gasteiger partial charge in [-0.15, -0.1) is 0 Å². The fourth-order valence-corrected chi connectivity index (χ4v) is 5.53. The zero-order valence-corrected chi connectivity index (χ0v) is 17.8. The summed E-state index contributed by atoms with van der Waals surface area (Å²) in [5.74, 6) is 0.487. The third-order valence-electron chi connectivity index (χ3n) is 5.66. The minimum Gasteiger partial charge on any atom is -0.379 e. The molecule has 0 bridgehead atoms. The molecule has 7 nitrogen and oxygen atoms in total. The second kappa shape index (κ2) is 8.90. The number of sulfonamides is 1. The van der Waals surface area contributed by atoms with Crippen molar-refractivity contribution in [3.05, 3.63) is 23.8 Å². The maximum absolute atomic E-state index is 13.0. The van der Waals surface area contributed by atoms with Crippen LogP contribution < -0.4 is 5.32 Å². The lowest BCUT2D eigenvalue weighted by Gasteiger charge is -2.34. The number of benzene rings is 1. The largest absolute Gasteiger partial charge is 0.379 e. The molecule has 2 heterocycles. The molecule has 0 radical (unpaired) electrons. The first-order chi connectivity index (χ1) is 13.3. The summed E-state index contributed by atoms with van der Waals surface area (Å²) in [5.41, 5.74) is 1.18. The number of piperidine rings is 1. The van der Waals surface area contributed by atoms with E-state index < -0.39 is 10.0 Å². The molecule has 0 spiro atoms. The number of likely N-dealkylation sites (tertiary alicyclic amines) is 1. The fraction of sp³-hybridized carbons (Fsp3) is 0.650. The Morgan fingerprint density at radius 1 is 1.25 bits per heavy atom. The van der Waals surface area contributed by atoms with Gasteiger partial charge in [-0.3, -0.25) is 9.69 Å². The van der Waals surface area contributed by atoms with Gasteiger partial charge >= 0.3 is 0 Å². The van der Waals surface area contributed by atoms with Crippen molar-refractivity contribution in [3.8, 4) is 0 Å². The van der Waals surface area contributed by atoms with Crippen LogP contribution >= 0.6 is 0 Å². The highest BCUT2D eigenvalue weighted by Crippen LogP contribution is 2.25. The molecule has 0 saturated carbocycles. The van der Waals surface area contributed by atoms with E-state index in [0.717, 1.165) is 19.5 Å². The van der Waals surface area contributed by atoms with Gasteiger partial charge < -0.3 is 10.1 Å². The van der Waals surface area contributed by atoms with Crippen molar-refractivity contribution in [1.82, 2.24) is 9.21 Å². The van der Waals surface area contributed by atoms with Crippen molar-refractivity contribution in [1.29, 1.82) is 0 Å². The number of aryl methyl sites for hydroxylation is 1. The maximum atomic E-state index is 13.0. The molecule has 0 aliphatic carbocycles. The Balaban J connectivity index is 1.74. The van der Waals surface area contributed by atoms with Crippen molar-refractivity contribution in [2.75, 3.05) is 44.7 Å². The van der Waals surface area contributed by atoms with E-state index in [4.69, 9.17) is 4.74 Å². The lowest BCUT2D eigenvalue weighted by Crippen LogP contribution is -2.46. The van der Waals surface area contributed by atoms with Crippen LogP contribution in [0.1, 0.15) is 32.3 Å². The van der Waals surface area contributed by atoms with Crippen LogP contribution in [0.15, 0.2) is 23.1 Å². The number of nitrogens with zero attached hydrogens (tertiary/aromatic N) is 2. The number of rotatable bonds is 5. The monoisotopic (exact) mass is 409 g/mol. The quantitative estimate of drug-likeness (QED) is 0.806. The zero-order valence-electron chi connectivity index (χ0n) is 17.0. The van der Waals surface area contributed by atoms with Crippen LogP contribution in [0.2, 0.25) is 0 Å². The highest BCUT2D eigenvalue weighted by molar-refractivity contribution is 7.89. The van der Waals surface area contributed by atoms with Crippen molar-refractivity contribution in [2.45, 2.75) is 44.6 Å². The Labute approximate surface area is 168 Å². The van der Waals surface area contributed by atoms with Crippen LogP contribution in [0.4, 0.5) is 5.69 Å². The first-order valence-corrected chi connectivity index (χ1v) is 11.5. The summed E-state index contributed by atoms with van der Waals surface area (Å²) >= 11 is 0. The average Bonchev–Trinajstić information content (AvgIpc) is 2.69. The highest BCUT2D eigenvalue weighted by atomic mass is 32.2. The number of carbonyl (C=O) groups excluding carboxylic acids is 1. The van der Waals surface area contributed by atoms with Gasteiger partial charge in [0.1, 0.15) is 0 Å². The second-order valence-corrected chi connectivity index (χ2v) is 9.81. The molecule has 2 saturated heterocycles. The number of ether oxygens (including phenoxy) is 1. The number of amides is 1. The van der Waals surface area contributed by atoms with Gasteiger partial charge in [0.2, 0.25) is 15.9 Å². The first kappa shape index (κ1) is 21.2. The third kappa shape index (κ3) is 4.74. The minimum absolute atomic E-state index is 0.104. The molecule has 8 heteroatoms. The summed E-state index contributed by atoms with van der Waals surface area (Å²) in [6.45, 7) is 9.23. The molecular weight excluding hydrogens is 378 g/mol. The molecule has 1 amide bonds. The predicted octanol–water partition coefficient (Wildman–Crippen LogP) is 2.07. The van der Waals surface area contributed by atoms with E-state index in [-0.39, 0.29) is 16.8 Å². The van der Waals surface area contributed by atoms with Gasteiger partial charge in [0, 0.05) is 25.3 Å². The number of hydrogen-bond acceptors (Lipinski definition) is 5. The van der Waals surface area contributed by atoms with Crippen LogP contribution in [-0.4, -0.2) is 69.0 Å². The molecule has 1 aromatic carbocycles. The lowest BCUT2D eigenvalue weighted by molar-refractivity contribution is -0.121. The number of morpholine rings is 1. The Hall–Kier alpha value is -1.48. The summed E-state index contributed by atoms with van der Waals surface area (Å²) in [5, 5.41) is 2.91. The molecule has 0 aromatic heterocycles.